The van der Waals surface area contributed by atoms with Gasteiger partial charge in [-0.2, -0.15) is 0 Å². The van der Waals surface area contributed by atoms with Crippen LogP contribution in [0.3, 0.4) is 0 Å². The van der Waals surface area contributed by atoms with Crippen LogP contribution in [0.15, 0.2) is 54.7 Å². The number of aromatic nitrogens is 2. The molecule has 4 rings (SSSR count). The van der Waals surface area contributed by atoms with Gasteiger partial charge in [-0.3, -0.25) is 0 Å². The molecule has 2 aromatic carbocycles. The van der Waals surface area contributed by atoms with E-state index in [0.717, 1.165) is 60.1 Å². The van der Waals surface area contributed by atoms with Crippen molar-refractivity contribution < 1.29 is 14.2 Å². The van der Waals surface area contributed by atoms with E-state index in [4.69, 9.17) is 19.2 Å². The summed E-state index contributed by atoms with van der Waals surface area (Å²) in [6, 6.07) is 16.3. The fourth-order valence-electron chi connectivity index (χ4n) is 4.37. The van der Waals surface area contributed by atoms with Gasteiger partial charge in [-0.1, -0.05) is 18.2 Å². The molecule has 2 heterocycles. The molecule has 0 aliphatic carbocycles. The Hall–Kier alpha value is -3.12. The molecule has 6 nitrogen and oxygen atoms in total. The Morgan fingerprint density at radius 2 is 1.76 bits per heavy atom. The Labute approximate surface area is 202 Å². The minimum absolute atomic E-state index is 0.654. The molecule has 0 bridgehead atoms. The highest BCUT2D eigenvalue weighted by molar-refractivity contribution is 5.43. The fraction of sp³-hybridized carbons (Fsp3) is 0.429. The molecule has 180 valence electrons. The number of nitrogens with zero attached hydrogens (tertiary/aromatic N) is 3. The molecular weight excluding hydrogens is 426 g/mol. The third-order valence-corrected chi connectivity index (χ3v) is 6.23. The highest BCUT2D eigenvalue weighted by atomic mass is 16.5. The van der Waals surface area contributed by atoms with E-state index >= 15 is 0 Å². The van der Waals surface area contributed by atoms with Gasteiger partial charge in [-0.15, -0.1) is 0 Å². The van der Waals surface area contributed by atoms with Gasteiger partial charge in [-0.05, 0) is 86.7 Å². The van der Waals surface area contributed by atoms with Gasteiger partial charge >= 0.3 is 0 Å². The second-order valence-corrected chi connectivity index (χ2v) is 8.73. The van der Waals surface area contributed by atoms with E-state index < -0.39 is 0 Å². The molecule has 3 aromatic rings. The summed E-state index contributed by atoms with van der Waals surface area (Å²) >= 11 is 0. The van der Waals surface area contributed by atoms with Crippen molar-refractivity contribution in [3.8, 4) is 17.2 Å². The fourth-order valence-corrected chi connectivity index (χ4v) is 4.37. The molecule has 1 aliphatic heterocycles. The van der Waals surface area contributed by atoms with E-state index in [2.05, 4.69) is 34.1 Å². The molecule has 0 unspecified atom stereocenters. The van der Waals surface area contributed by atoms with Crippen LogP contribution in [-0.2, 0) is 19.3 Å². The SMILES string of the molecule is COc1cccc(CCc2ccnc(Cc3ccc(OC)c(OCCCN4CCCC4)c3)n2)c1. The number of aryl methyl sites for hydroxylation is 2. The molecule has 6 heteroatoms. The lowest BCUT2D eigenvalue weighted by Crippen LogP contribution is -2.21. The van der Waals surface area contributed by atoms with Crippen molar-refractivity contribution in [3.63, 3.8) is 0 Å². The van der Waals surface area contributed by atoms with Crippen LogP contribution in [0.5, 0.6) is 17.2 Å². The van der Waals surface area contributed by atoms with E-state index in [-0.39, 0.29) is 0 Å². The third kappa shape index (κ3) is 6.94. The predicted octanol–water partition coefficient (Wildman–Crippen LogP) is 4.73. The maximum Gasteiger partial charge on any atom is 0.161 e. The Morgan fingerprint density at radius 3 is 2.59 bits per heavy atom. The summed E-state index contributed by atoms with van der Waals surface area (Å²) in [6.07, 6.45) is 7.93. The van der Waals surface area contributed by atoms with E-state index in [1.807, 2.05) is 30.5 Å². The first-order valence-electron chi connectivity index (χ1n) is 12.2. The Morgan fingerprint density at radius 1 is 0.882 bits per heavy atom. The average molecular weight is 462 g/mol. The molecule has 0 atom stereocenters. The number of benzene rings is 2. The highest BCUT2D eigenvalue weighted by Crippen LogP contribution is 2.29. The maximum absolute atomic E-state index is 6.09. The predicted molar refractivity (Wildman–Crippen MR) is 134 cm³/mol. The molecule has 0 radical (unpaired) electrons. The Kier molecular flexibility index (Phi) is 8.74. The topological polar surface area (TPSA) is 56.7 Å². The zero-order valence-electron chi connectivity index (χ0n) is 20.3. The van der Waals surface area contributed by atoms with E-state index in [0.29, 0.717) is 13.0 Å². The second kappa shape index (κ2) is 12.4. The minimum atomic E-state index is 0.654. The second-order valence-electron chi connectivity index (χ2n) is 8.73. The molecular formula is C28H35N3O3. The number of likely N-dealkylation sites (tertiary alicyclic amines) is 1. The van der Waals surface area contributed by atoms with Gasteiger partial charge in [0.1, 0.15) is 11.6 Å². The zero-order chi connectivity index (χ0) is 23.6. The lowest BCUT2D eigenvalue weighted by Gasteiger charge is -2.16. The van der Waals surface area contributed by atoms with E-state index in [9.17, 15) is 0 Å². The Bertz CT molecular complexity index is 1050. The molecule has 0 saturated carbocycles. The van der Waals surface area contributed by atoms with Crippen LogP contribution in [0, 0.1) is 0 Å². The van der Waals surface area contributed by atoms with Crippen LogP contribution in [0.2, 0.25) is 0 Å². The van der Waals surface area contributed by atoms with Crippen LogP contribution >= 0.6 is 0 Å². The van der Waals surface area contributed by atoms with Crippen LogP contribution < -0.4 is 14.2 Å². The zero-order valence-corrected chi connectivity index (χ0v) is 20.3. The molecule has 34 heavy (non-hydrogen) atoms. The molecule has 0 spiro atoms. The molecule has 1 aliphatic rings. The van der Waals surface area contributed by atoms with Crippen molar-refractivity contribution in [3.05, 3.63) is 77.4 Å². The van der Waals surface area contributed by atoms with Crippen molar-refractivity contribution in [1.29, 1.82) is 0 Å². The normalized spacial score (nSPS) is 13.7. The van der Waals surface area contributed by atoms with Gasteiger partial charge in [0, 0.05) is 24.9 Å². The average Bonchev–Trinajstić information content (AvgIpc) is 3.40. The van der Waals surface area contributed by atoms with Gasteiger partial charge in [0.05, 0.1) is 20.8 Å². The van der Waals surface area contributed by atoms with Gasteiger partial charge in [0.25, 0.3) is 0 Å². The van der Waals surface area contributed by atoms with Crippen molar-refractivity contribution in [2.45, 2.75) is 38.5 Å². The van der Waals surface area contributed by atoms with E-state index in [1.165, 1.54) is 31.5 Å². The van der Waals surface area contributed by atoms with Gasteiger partial charge in [0.2, 0.25) is 0 Å². The van der Waals surface area contributed by atoms with Gasteiger partial charge in [-0.25, -0.2) is 9.97 Å². The summed E-state index contributed by atoms with van der Waals surface area (Å²) in [4.78, 5) is 11.8. The van der Waals surface area contributed by atoms with Crippen molar-refractivity contribution in [2.75, 3.05) is 40.5 Å². The number of methoxy groups -OCH3 is 2. The van der Waals surface area contributed by atoms with Crippen molar-refractivity contribution in [2.24, 2.45) is 0 Å². The summed E-state index contributed by atoms with van der Waals surface area (Å²) in [7, 11) is 3.38. The first-order chi connectivity index (χ1) is 16.7. The maximum atomic E-state index is 6.09. The summed E-state index contributed by atoms with van der Waals surface area (Å²) in [5.74, 6) is 3.25. The molecule has 0 N–H and O–H groups in total. The van der Waals surface area contributed by atoms with Gasteiger partial charge in [0.15, 0.2) is 11.5 Å². The minimum Gasteiger partial charge on any atom is -0.497 e. The van der Waals surface area contributed by atoms with Gasteiger partial charge < -0.3 is 19.1 Å². The number of hydrogen-bond donors (Lipinski definition) is 0. The first kappa shape index (κ1) is 24.0. The molecule has 0 amide bonds. The summed E-state index contributed by atoms with van der Waals surface area (Å²) in [5, 5.41) is 0. The largest absolute Gasteiger partial charge is 0.497 e. The number of ether oxygens (including phenoxy) is 3. The molecule has 1 fully saturated rings. The van der Waals surface area contributed by atoms with Crippen LogP contribution in [0.4, 0.5) is 0 Å². The van der Waals surface area contributed by atoms with Crippen LogP contribution in [0.25, 0.3) is 0 Å². The summed E-state index contributed by atoms with van der Waals surface area (Å²) in [5.41, 5.74) is 3.39. The number of hydrogen-bond acceptors (Lipinski definition) is 6. The quantitative estimate of drug-likeness (QED) is 0.363. The summed E-state index contributed by atoms with van der Waals surface area (Å²) < 4.78 is 16.9. The first-order valence-corrected chi connectivity index (χ1v) is 12.2. The van der Waals surface area contributed by atoms with Crippen molar-refractivity contribution in [1.82, 2.24) is 14.9 Å². The summed E-state index contributed by atoms with van der Waals surface area (Å²) in [6.45, 7) is 4.22. The smallest absolute Gasteiger partial charge is 0.161 e. The van der Waals surface area contributed by atoms with E-state index in [1.54, 1.807) is 14.2 Å². The highest BCUT2D eigenvalue weighted by Gasteiger charge is 2.12. The Balaban J connectivity index is 1.34. The lowest BCUT2D eigenvalue weighted by molar-refractivity contribution is 0.254. The molecule has 1 aromatic heterocycles. The third-order valence-electron chi connectivity index (χ3n) is 6.23. The lowest BCUT2D eigenvalue weighted by atomic mass is 10.1. The monoisotopic (exact) mass is 461 g/mol. The number of rotatable bonds is 12. The van der Waals surface area contributed by atoms with Crippen LogP contribution in [-0.4, -0.2) is 55.3 Å². The standard InChI is InChI=1S/C28H35N3O3/c1-32-25-8-5-7-22(19-25)9-11-24-13-14-29-28(30-24)21-23-10-12-26(33-2)27(20-23)34-18-6-17-31-15-3-4-16-31/h5,7-8,10,12-14,19-20H,3-4,6,9,11,15-18,21H2,1-2H3. The molecule has 1 saturated heterocycles. The van der Waals surface area contributed by atoms with Crippen LogP contribution in [0.1, 0.15) is 41.9 Å². The van der Waals surface area contributed by atoms with Crippen molar-refractivity contribution >= 4 is 0 Å².